The highest BCUT2D eigenvalue weighted by atomic mass is 16.6. The zero-order valence-electron chi connectivity index (χ0n) is 22.1. The van der Waals surface area contributed by atoms with Crippen molar-refractivity contribution < 1.29 is 9.72 Å². The van der Waals surface area contributed by atoms with Crippen LogP contribution in [0.4, 0.5) is 5.69 Å². The van der Waals surface area contributed by atoms with Crippen LogP contribution in [0, 0.1) is 23.0 Å². The Bertz CT molecular complexity index is 1470. The van der Waals surface area contributed by atoms with Gasteiger partial charge in [-0.25, -0.2) is 4.98 Å². The van der Waals surface area contributed by atoms with E-state index >= 15 is 0 Å². The Morgan fingerprint density at radius 1 is 0.974 bits per heavy atom. The topological polar surface area (TPSA) is 84.0 Å². The zero-order chi connectivity index (χ0) is 26.8. The van der Waals surface area contributed by atoms with E-state index in [1.807, 2.05) is 29.3 Å². The number of nitro groups is 1. The third kappa shape index (κ3) is 5.45. The average Bonchev–Trinajstić information content (AvgIpc) is 3.26. The summed E-state index contributed by atoms with van der Waals surface area (Å²) >= 11 is 0. The first-order chi connectivity index (χ1) is 18.3. The van der Waals surface area contributed by atoms with E-state index in [0.717, 1.165) is 59.9 Å². The molecule has 0 atom stereocenters. The first-order valence-electron chi connectivity index (χ1n) is 13.1. The number of aromatic nitrogens is 2. The van der Waals surface area contributed by atoms with Gasteiger partial charge in [0.25, 0.3) is 5.69 Å². The molecule has 8 nitrogen and oxygen atoms in total. The molecule has 3 heterocycles. The van der Waals surface area contributed by atoms with Gasteiger partial charge in [0.05, 0.1) is 16.3 Å². The van der Waals surface area contributed by atoms with Crippen molar-refractivity contribution >= 4 is 17.2 Å². The maximum absolute atomic E-state index is 12.6. The molecule has 0 radical (unpaired) electrons. The lowest BCUT2D eigenvalue weighted by Gasteiger charge is -2.35. The van der Waals surface area contributed by atoms with E-state index in [2.05, 4.69) is 54.3 Å². The summed E-state index contributed by atoms with van der Waals surface area (Å²) in [7, 11) is 0. The second-order valence-electron chi connectivity index (χ2n) is 10.5. The molecule has 1 aliphatic heterocycles. The van der Waals surface area contributed by atoms with Crippen LogP contribution >= 0.6 is 0 Å². The fourth-order valence-corrected chi connectivity index (χ4v) is 5.00. The molecule has 2 aromatic carbocycles. The molecule has 0 unspecified atom stereocenters. The summed E-state index contributed by atoms with van der Waals surface area (Å²) < 4.78 is 2.11. The summed E-state index contributed by atoms with van der Waals surface area (Å²) in [6, 6.07) is 19.0. The summed E-state index contributed by atoms with van der Waals surface area (Å²) in [4.78, 5) is 32.9. The quantitative estimate of drug-likeness (QED) is 0.239. The van der Waals surface area contributed by atoms with E-state index in [-0.39, 0.29) is 16.5 Å². The van der Waals surface area contributed by atoms with E-state index in [1.165, 1.54) is 11.6 Å². The first kappa shape index (κ1) is 25.6. The van der Waals surface area contributed by atoms with Crippen LogP contribution in [-0.2, 0) is 11.3 Å². The molecule has 1 saturated heterocycles. The van der Waals surface area contributed by atoms with Crippen molar-refractivity contribution in [2.24, 2.45) is 5.92 Å². The molecule has 1 fully saturated rings. The van der Waals surface area contributed by atoms with Crippen LogP contribution in [-0.4, -0.2) is 56.2 Å². The molecule has 0 N–H and O–H groups in total. The monoisotopic (exact) mass is 511 g/mol. The van der Waals surface area contributed by atoms with Crippen LogP contribution < -0.4 is 0 Å². The number of hydrogen-bond donors (Lipinski definition) is 0. The van der Waals surface area contributed by atoms with Gasteiger partial charge in [0.2, 0.25) is 5.91 Å². The Kier molecular flexibility index (Phi) is 7.24. The maximum Gasteiger partial charge on any atom is 0.270 e. The molecule has 0 aliphatic carbocycles. The summed E-state index contributed by atoms with van der Waals surface area (Å²) in [5.74, 6) is 0.590. The molecule has 8 heteroatoms. The van der Waals surface area contributed by atoms with Gasteiger partial charge in [-0.05, 0) is 36.1 Å². The molecule has 0 saturated carbocycles. The standard InChI is InChI=1S/C30H33N5O3/c1-21(2)17-29(36)33-15-13-32(14-16-33)20-27-30(23-9-7-22(3)8-10-23)31-28-12-11-25(19-34(27)28)24-5-4-6-26(18-24)35(37)38/h4-12,18-19,21H,13-17,20H2,1-3H3. The van der Waals surface area contributed by atoms with Gasteiger partial charge in [-0.15, -0.1) is 0 Å². The van der Waals surface area contributed by atoms with Gasteiger partial charge in [0, 0.05) is 63.0 Å². The number of nitro benzene ring substituents is 1. The first-order valence-corrected chi connectivity index (χ1v) is 13.1. The average molecular weight is 512 g/mol. The lowest BCUT2D eigenvalue weighted by Crippen LogP contribution is -2.48. The number of fused-ring (bicyclic) bond motifs is 1. The molecular formula is C30H33N5O3. The van der Waals surface area contributed by atoms with Gasteiger partial charge in [-0.1, -0.05) is 55.8 Å². The smallest absolute Gasteiger partial charge is 0.270 e. The van der Waals surface area contributed by atoms with Crippen LogP contribution in [0.2, 0.25) is 0 Å². The van der Waals surface area contributed by atoms with Crippen LogP contribution in [0.15, 0.2) is 66.9 Å². The second kappa shape index (κ2) is 10.8. The number of benzene rings is 2. The van der Waals surface area contributed by atoms with Crippen LogP contribution in [0.1, 0.15) is 31.5 Å². The molecule has 38 heavy (non-hydrogen) atoms. The zero-order valence-corrected chi connectivity index (χ0v) is 22.1. The minimum absolute atomic E-state index is 0.0682. The van der Waals surface area contributed by atoms with Gasteiger partial charge in [0.1, 0.15) is 5.65 Å². The number of imidazole rings is 1. The molecule has 1 aliphatic rings. The number of pyridine rings is 1. The fraction of sp³-hybridized carbons (Fsp3) is 0.333. The number of piperazine rings is 1. The SMILES string of the molecule is Cc1ccc(-c2nc3ccc(-c4cccc([N+](=O)[O-])c4)cn3c2CN2CCN(C(=O)CC(C)C)CC2)cc1. The molecule has 4 aromatic rings. The molecule has 0 spiro atoms. The number of nitrogens with zero attached hydrogens (tertiary/aromatic N) is 5. The third-order valence-corrected chi connectivity index (χ3v) is 7.11. The predicted octanol–water partition coefficient (Wildman–Crippen LogP) is 5.58. The summed E-state index contributed by atoms with van der Waals surface area (Å²) in [5, 5.41) is 11.3. The van der Waals surface area contributed by atoms with Gasteiger partial charge >= 0.3 is 0 Å². The molecule has 196 valence electrons. The van der Waals surface area contributed by atoms with Crippen LogP contribution in [0.25, 0.3) is 28.0 Å². The maximum atomic E-state index is 12.6. The van der Waals surface area contributed by atoms with Crippen molar-refractivity contribution in [1.29, 1.82) is 0 Å². The Hall–Kier alpha value is -4.04. The minimum Gasteiger partial charge on any atom is -0.340 e. The normalized spacial score (nSPS) is 14.4. The molecule has 0 bridgehead atoms. The molecule has 5 rings (SSSR count). The third-order valence-electron chi connectivity index (χ3n) is 7.11. The van der Waals surface area contributed by atoms with E-state index in [0.29, 0.717) is 18.9 Å². The van der Waals surface area contributed by atoms with Crippen molar-refractivity contribution in [3.8, 4) is 22.4 Å². The molecular weight excluding hydrogens is 478 g/mol. The number of hydrogen-bond acceptors (Lipinski definition) is 5. The summed E-state index contributed by atoms with van der Waals surface area (Å²) in [6.45, 7) is 9.96. The Balaban J connectivity index is 1.49. The van der Waals surface area contributed by atoms with Gasteiger partial charge in [-0.3, -0.25) is 19.8 Å². The summed E-state index contributed by atoms with van der Waals surface area (Å²) in [6.07, 6.45) is 2.61. The lowest BCUT2D eigenvalue weighted by molar-refractivity contribution is -0.384. The van der Waals surface area contributed by atoms with Gasteiger partial charge in [-0.2, -0.15) is 0 Å². The van der Waals surface area contributed by atoms with Crippen molar-refractivity contribution in [2.75, 3.05) is 26.2 Å². The lowest BCUT2D eigenvalue weighted by atomic mass is 10.1. The number of non-ortho nitro benzene ring substituents is 1. The highest BCUT2D eigenvalue weighted by Crippen LogP contribution is 2.30. The van der Waals surface area contributed by atoms with Crippen molar-refractivity contribution in [1.82, 2.24) is 19.2 Å². The van der Waals surface area contributed by atoms with E-state index in [1.54, 1.807) is 12.1 Å². The molecule has 2 aromatic heterocycles. The van der Waals surface area contributed by atoms with E-state index in [4.69, 9.17) is 4.98 Å². The van der Waals surface area contributed by atoms with Crippen molar-refractivity contribution in [3.05, 3.63) is 88.2 Å². The van der Waals surface area contributed by atoms with Crippen molar-refractivity contribution in [2.45, 2.75) is 33.7 Å². The Morgan fingerprint density at radius 2 is 1.68 bits per heavy atom. The minimum atomic E-state index is -0.369. The number of carbonyl (C=O) groups excluding carboxylic acids is 1. The fourth-order valence-electron chi connectivity index (χ4n) is 5.00. The van der Waals surface area contributed by atoms with Gasteiger partial charge < -0.3 is 9.30 Å². The van der Waals surface area contributed by atoms with E-state index in [9.17, 15) is 14.9 Å². The van der Waals surface area contributed by atoms with Crippen molar-refractivity contribution in [3.63, 3.8) is 0 Å². The van der Waals surface area contributed by atoms with E-state index < -0.39 is 0 Å². The number of carbonyl (C=O) groups is 1. The number of rotatable bonds is 7. The van der Waals surface area contributed by atoms with Crippen LogP contribution in [0.5, 0.6) is 0 Å². The Labute approximate surface area is 222 Å². The number of amides is 1. The predicted molar refractivity (Wildman–Crippen MR) is 149 cm³/mol. The highest BCUT2D eigenvalue weighted by Gasteiger charge is 2.24. The highest BCUT2D eigenvalue weighted by molar-refractivity contribution is 5.76. The van der Waals surface area contributed by atoms with Gasteiger partial charge in [0.15, 0.2) is 0 Å². The van der Waals surface area contributed by atoms with Crippen LogP contribution in [0.3, 0.4) is 0 Å². The molecule has 1 amide bonds. The largest absolute Gasteiger partial charge is 0.340 e. The Morgan fingerprint density at radius 3 is 2.37 bits per heavy atom. The number of aryl methyl sites for hydroxylation is 1. The second-order valence-corrected chi connectivity index (χ2v) is 10.5. The summed E-state index contributed by atoms with van der Waals surface area (Å²) in [5.41, 5.74) is 6.81.